The summed E-state index contributed by atoms with van der Waals surface area (Å²) >= 11 is 1.33. The molecule has 0 saturated carbocycles. The molecule has 1 aliphatic rings. The number of carbonyl (C=O) groups is 1. The lowest BCUT2D eigenvalue weighted by molar-refractivity contribution is 0.0342. The highest BCUT2D eigenvalue weighted by atomic mass is 32.1. The Bertz CT molecular complexity index is 1340. The predicted octanol–water partition coefficient (Wildman–Crippen LogP) is 3.92. The molecule has 35 heavy (non-hydrogen) atoms. The fraction of sp³-hybridized carbons (Fsp3) is 0.400. The van der Waals surface area contributed by atoms with Crippen LogP contribution in [0.3, 0.4) is 0 Å². The molecule has 1 fully saturated rings. The van der Waals surface area contributed by atoms with Gasteiger partial charge in [0, 0.05) is 26.6 Å². The summed E-state index contributed by atoms with van der Waals surface area (Å²) in [5.74, 6) is 1.35. The standard InChI is InChI=1S/C25H29N5O4S/c1-16-26-13-20(34-16)21-6-7-22(35-21)23(31)28-24-27-18-12-17(14-29-8-10-33-11-9-29)4-5-19(18)30(24)15-25(2,3)32/h4-7,12-13,32H,8-11,14-15H2,1-3H3,(H,27,28,31). The van der Waals surface area contributed by atoms with E-state index in [1.54, 1.807) is 33.0 Å². The first-order chi connectivity index (χ1) is 16.7. The number of morpholine rings is 1. The van der Waals surface area contributed by atoms with E-state index >= 15 is 0 Å². The molecule has 10 heteroatoms. The van der Waals surface area contributed by atoms with Gasteiger partial charge in [-0.15, -0.1) is 11.3 Å². The second-order valence-electron chi connectivity index (χ2n) is 9.41. The Labute approximate surface area is 207 Å². The van der Waals surface area contributed by atoms with E-state index in [9.17, 15) is 9.90 Å². The third-order valence-electron chi connectivity index (χ3n) is 5.79. The maximum absolute atomic E-state index is 13.1. The third-order valence-corrected chi connectivity index (χ3v) is 6.89. The second kappa shape index (κ2) is 9.54. The number of nitrogens with one attached hydrogen (secondary N) is 1. The quantitative estimate of drug-likeness (QED) is 0.400. The maximum atomic E-state index is 13.1. The third kappa shape index (κ3) is 5.46. The smallest absolute Gasteiger partial charge is 0.268 e. The van der Waals surface area contributed by atoms with Crippen LogP contribution in [-0.2, 0) is 17.8 Å². The van der Waals surface area contributed by atoms with Gasteiger partial charge >= 0.3 is 0 Å². The molecule has 1 aromatic carbocycles. The number of hydrogen-bond donors (Lipinski definition) is 2. The number of aryl methyl sites for hydroxylation is 1. The van der Waals surface area contributed by atoms with Crippen molar-refractivity contribution >= 4 is 34.2 Å². The SMILES string of the molecule is Cc1ncc(-c2ccc(C(=O)Nc3nc4cc(CN5CCOCC5)ccc4n3CC(C)(C)O)s2)o1. The first kappa shape index (κ1) is 23.7. The minimum Gasteiger partial charge on any atom is -0.440 e. The van der Waals surface area contributed by atoms with Crippen molar-refractivity contribution in [3.05, 3.63) is 52.9 Å². The maximum Gasteiger partial charge on any atom is 0.268 e. The summed E-state index contributed by atoms with van der Waals surface area (Å²) in [6.07, 6.45) is 1.65. The fourth-order valence-corrected chi connectivity index (χ4v) is 5.01. The number of fused-ring (bicyclic) bond motifs is 1. The minimum atomic E-state index is -0.986. The molecular formula is C25H29N5O4S. The number of amides is 1. The highest BCUT2D eigenvalue weighted by molar-refractivity contribution is 7.17. The number of aromatic nitrogens is 3. The lowest BCUT2D eigenvalue weighted by Gasteiger charge is -2.26. The zero-order valence-corrected chi connectivity index (χ0v) is 20.9. The Morgan fingerprint density at radius 1 is 1.23 bits per heavy atom. The fourth-order valence-electron chi connectivity index (χ4n) is 4.16. The van der Waals surface area contributed by atoms with E-state index in [2.05, 4.69) is 27.3 Å². The van der Waals surface area contributed by atoms with Crippen LogP contribution in [0.15, 0.2) is 40.9 Å². The molecular weight excluding hydrogens is 466 g/mol. The van der Waals surface area contributed by atoms with Crippen LogP contribution >= 0.6 is 11.3 Å². The number of imidazole rings is 1. The van der Waals surface area contributed by atoms with Crippen molar-refractivity contribution in [1.29, 1.82) is 0 Å². The number of nitrogens with zero attached hydrogens (tertiary/aromatic N) is 4. The van der Waals surface area contributed by atoms with Gasteiger partial charge in [-0.3, -0.25) is 15.0 Å². The highest BCUT2D eigenvalue weighted by Crippen LogP contribution is 2.30. The van der Waals surface area contributed by atoms with Gasteiger partial charge in [0.2, 0.25) is 5.95 Å². The van der Waals surface area contributed by atoms with Gasteiger partial charge in [-0.1, -0.05) is 6.07 Å². The Balaban J connectivity index is 1.41. The van der Waals surface area contributed by atoms with Gasteiger partial charge in [-0.25, -0.2) is 9.97 Å². The Hall–Kier alpha value is -3.05. The van der Waals surface area contributed by atoms with Crippen LogP contribution in [0.1, 0.15) is 35.0 Å². The minimum absolute atomic E-state index is 0.265. The summed E-state index contributed by atoms with van der Waals surface area (Å²) in [5, 5.41) is 13.5. The Kier molecular flexibility index (Phi) is 6.45. The van der Waals surface area contributed by atoms with Crippen LogP contribution in [0.5, 0.6) is 0 Å². The van der Waals surface area contributed by atoms with E-state index in [0.717, 1.165) is 54.3 Å². The largest absolute Gasteiger partial charge is 0.440 e. The normalized spacial score (nSPS) is 15.1. The van der Waals surface area contributed by atoms with Gasteiger partial charge in [0.1, 0.15) is 0 Å². The number of carbonyl (C=O) groups excluding carboxylic acids is 1. The van der Waals surface area contributed by atoms with E-state index < -0.39 is 5.60 Å². The Morgan fingerprint density at radius 2 is 2.03 bits per heavy atom. The van der Waals surface area contributed by atoms with Crippen molar-refractivity contribution in [1.82, 2.24) is 19.4 Å². The molecule has 0 bridgehead atoms. The van der Waals surface area contributed by atoms with Gasteiger partial charge in [-0.05, 0) is 43.7 Å². The zero-order chi connectivity index (χ0) is 24.6. The lowest BCUT2D eigenvalue weighted by Crippen LogP contribution is -2.35. The molecule has 1 saturated heterocycles. The van der Waals surface area contributed by atoms with Crippen LogP contribution in [-0.4, -0.2) is 62.4 Å². The van der Waals surface area contributed by atoms with E-state index in [1.807, 2.05) is 16.7 Å². The second-order valence-corrected chi connectivity index (χ2v) is 10.5. The van der Waals surface area contributed by atoms with Crippen molar-refractivity contribution in [3.8, 4) is 10.6 Å². The number of thiophene rings is 1. The van der Waals surface area contributed by atoms with Gasteiger partial charge in [0.25, 0.3) is 5.91 Å². The summed E-state index contributed by atoms with van der Waals surface area (Å²) in [4.78, 5) is 25.7. The summed E-state index contributed by atoms with van der Waals surface area (Å²) in [6, 6.07) is 9.75. The average molecular weight is 496 g/mol. The number of aliphatic hydroxyl groups is 1. The monoisotopic (exact) mass is 495 g/mol. The number of hydrogen-bond acceptors (Lipinski definition) is 8. The van der Waals surface area contributed by atoms with E-state index in [0.29, 0.717) is 22.5 Å². The van der Waals surface area contributed by atoms with E-state index in [4.69, 9.17) is 14.1 Å². The summed E-state index contributed by atoms with van der Waals surface area (Å²) in [6.45, 7) is 9.67. The molecule has 0 spiro atoms. The van der Waals surface area contributed by atoms with Crippen LogP contribution in [0.2, 0.25) is 0 Å². The topological polar surface area (TPSA) is 106 Å². The average Bonchev–Trinajstić information content (AvgIpc) is 3.53. The van der Waals surface area contributed by atoms with Crippen molar-refractivity contribution in [2.75, 3.05) is 31.6 Å². The molecule has 0 radical (unpaired) electrons. The lowest BCUT2D eigenvalue weighted by atomic mass is 10.1. The van der Waals surface area contributed by atoms with Gasteiger partial charge in [-0.2, -0.15) is 0 Å². The molecule has 3 aromatic heterocycles. The van der Waals surface area contributed by atoms with Crippen LogP contribution < -0.4 is 5.32 Å². The van der Waals surface area contributed by atoms with Gasteiger partial charge in [0.15, 0.2) is 11.7 Å². The van der Waals surface area contributed by atoms with Crippen LogP contribution in [0.25, 0.3) is 21.7 Å². The van der Waals surface area contributed by atoms with Crippen LogP contribution in [0, 0.1) is 6.92 Å². The highest BCUT2D eigenvalue weighted by Gasteiger charge is 2.22. The first-order valence-electron chi connectivity index (χ1n) is 11.6. The summed E-state index contributed by atoms with van der Waals surface area (Å²) < 4.78 is 12.9. The molecule has 1 amide bonds. The van der Waals surface area contributed by atoms with E-state index in [1.165, 1.54) is 11.3 Å². The molecule has 9 nitrogen and oxygen atoms in total. The molecule has 4 heterocycles. The van der Waals surface area contributed by atoms with E-state index in [-0.39, 0.29) is 12.5 Å². The molecule has 184 valence electrons. The number of oxazole rings is 1. The molecule has 0 atom stereocenters. The van der Waals surface area contributed by atoms with Crippen molar-refractivity contribution in [2.24, 2.45) is 0 Å². The number of benzene rings is 1. The molecule has 2 N–H and O–H groups in total. The van der Waals surface area contributed by atoms with Crippen molar-refractivity contribution in [3.63, 3.8) is 0 Å². The molecule has 0 unspecified atom stereocenters. The van der Waals surface area contributed by atoms with Gasteiger partial charge < -0.3 is 18.8 Å². The molecule has 1 aliphatic heterocycles. The predicted molar refractivity (Wildman–Crippen MR) is 135 cm³/mol. The zero-order valence-electron chi connectivity index (χ0n) is 20.1. The first-order valence-corrected chi connectivity index (χ1v) is 12.4. The Morgan fingerprint density at radius 3 is 2.74 bits per heavy atom. The number of rotatable bonds is 7. The van der Waals surface area contributed by atoms with Crippen molar-refractivity contribution < 1.29 is 19.1 Å². The summed E-state index contributed by atoms with van der Waals surface area (Å²) in [5.41, 5.74) is 1.80. The van der Waals surface area contributed by atoms with Crippen LogP contribution in [0.4, 0.5) is 5.95 Å². The van der Waals surface area contributed by atoms with Gasteiger partial charge in [0.05, 0.1) is 52.3 Å². The van der Waals surface area contributed by atoms with Crippen molar-refractivity contribution in [2.45, 2.75) is 39.5 Å². The molecule has 4 aromatic rings. The number of ether oxygens (including phenoxy) is 1. The molecule has 0 aliphatic carbocycles. The molecule has 5 rings (SSSR count). The summed E-state index contributed by atoms with van der Waals surface area (Å²) in [7, 11) is 0. The number of anilines is 1.